The van der Waals surface area contributed by atoms with E-state index in [0.717, 1.165) is 24.0 Å². The van der Waals surface area contributed by atoms with Crippen LogP contribution in [-0.4, -0.2) is 24.4 Å². The van der Waals surface area contributed by atoms with Crippen LogP contribution in [0, 0.1) is 0 Å². The van der Waals surface area contributed by atoms with Crippen LogP contribution in [0.3, 0.4) is 0 Å². The van der Waals surface area contributed by atoms with E-state index in [1.807, 2.05) is 60.7 Å². The summed E-state index contributed by atoms with van der Waals surface area (Å²) in [4.78, 5) is 0. The van der Waals surface area contributed by atoms with Crippen LogP contribution in [0.2, 0.25) is 0 Å². The molecule has 2 heterocycles. The maximum atomic E-state index is 6.32. The quantitative estimate of drug-likeness (QED) is 0.792. The maximum absolute atomic E-state index is 6.32. The van der Waals surface area contributed by atoms with Gasteiger partial charge in [0.05, 0.1) is 12.2 Å². The van der Waals surface area contributed by atoms with Gasteiger partial charge in [0.1, 0.15) is 12.2 Å². The second-order valence-electron chi connectivity index (χ2n) is 6.85. The fourth-order valence-electron chi connectivity index (χ4n) is 3.77. The molecule has 2 aliphatic rings. The minimum Gasteiger partial charge on any atom is -0.342 e. The highest BCUT2D eigenvalue weighted by Crippen LogP contribution is 2.41. The summed E-state index contributed by atoms with van der Waals surface area (Å²) in [5.74, 6) is 0. The van der Waals surface area contributed by atoms with Gasteiger partial charge in [-0.3, -0.25) is 0 Å². The molecule has 2 fully saturated rings. The summed E-state index contributed by atoms with van der Waals surface area (Å²) < 4.78 is 25.2. The smallest absolute Gasteiger partial charge is 0.184 e. The van der Waals surface area contributed by atoms with E-state index >= 15 is 0 Å². The SMILES string of the molecule is CCC1OC(c2ccccc2)OC2C(CC)OC(c3ccccc3)OC12. The first-order chi connectivity index (χ1) is 12.8. The average molecular weight is 354 g/mol. The molecule has 2 aromatic rings. The Balaban J connectivity index is 1.59. The van der Waals surface area contributed by atoms with E-state index in [9.17, 15) is 0 Å². The van der Waals surface area contributed by atoms with Crippen LogP contribution in [-0.2, 0) is 18.9 Å². The highest BCUT2D eigenvalue weighted by atomic mass is 16.8. The Hall–Kier alpha value is -1.72. The summed E-state index contributed by atoms with van der Waals surface area (Å²) in [6.45, 7) is 4.26. The second kappa shape index (κ2) is 7.89. The number of hydrogen-bond acceptors (Lipinski definition) is 4. The molecule has 0 aliphatic carbocycles. The third-order valence-electron chi connectivity index (χ3n) is 5.16. The monoisotopic (exact) mass is 354 g/mol. The zero-order chi connectivity index (χ0) is 17.9. The Kier molecular flexibility index (Phi) is 5.36. The van der Waals surface area contributed by atoms with Crippen molar-refractivity contribution in [2.75, 3.05) is 0 Å². The zero-order valence-corrected chi connectivity index (χ0v) is 15.3. The summed E-state index contributed by atoms with van der Waals surface area (Å²) in [6.07, 6.45) is 0.658. The third-order valence-corrected chi connectivity index (χ3v) is 5.16. The van der Waals surface area contributed by atoms with Crippen LogP contribution < -0.4 is 0 Å². The summed E-state index contributed by atoms with van der Waals surface area (Å²) >= 11 is 0. The molecule has 26 heavy (non-hydrogen) atoms. The summed E-state index contributed by atoms with van der Waals surface area (Å²) in [7, 11) is 0. The van der Waals surface area contributed by atoms with Gasteiger partial charge < -0.3 is 18.9 Å². The largest absolute Gasteiger partial charge is 0.342 e. The average Bonchev–Trinajstić information content (AvgIpc) is 2.73. The van der Waals surface area contributed by atoms with Crippen molar-refractivity contribution in [1.82, 2.24) is 0 Å². The predicted octanol–water partition coefficient (Wildman–Crippen LogP) is 4.77. The first kappa shape index (κ1) is 17.7. The van der Waals surface area contributed by atoms with Gasteiger partial charge in [0.2, 0.25) is 0 Å². The first-order valence-corrected chi connectivity index (χ1v) is 9.52. The molecule has 0 amide bonds. The Morgan fingerprint density at radius 2 is 0.962 bits per heavy atom. The van der Waals surface area contributed by atoms with E-state index in [2.05, 4.69) is 13.8 Å². The van der Waals surface area contributed by atoms with Gasteiger partial charge in [0.25, 0.3) is 0 Å². The Morgan fingerprint density at radius 1 is 0.577 bits per heavy atom. The molecule has 6 atom stereocenters. The maximum Gasteiger partial charge on any atom is 0.184 e. The van der Waals surface area contributed by atoms with E-state index in [0.29, 0.717) is 0 Å². The van der Waals surface area contributed by atoms with Crippen LogP contribution in [0.5, 0.6) is 0 Å². The van der Waals surface area contributed by atoms with E-state index in [-0.39, 0.29) is 37.0 Å². The lowest BCUT2D eigenvalue weighted by molar-refractivity contribution is -0.382. The molecule has 0 aromatic heterocycles. The van der Waals surface area contributed by atoms with Gasteiger partial charge in [0, 0.05) is 11.1 Å². The number of hydrogen-bond donors (Lipinski definition) is 0. The van der Waals surface area contributed by atoms with Crippen LogP contribution in [0.25, 0.3) is 0 Å². The standard InChI is InChI=1S/C22H26O4/c1-3-17-19-20(26-21(23-17)15-11-7-5-8-12-15)18(4-2)24-22(25-19)16-13-9-6-10-14-16/h5-14,17-22H,3-4H2,1-2H3. The van der Waals surface area contributed by atoms with Crippen LogP contribution >= 0.6 is 0 Å². The van der Waals surface area contributed by atoms with Gasteiger partial charge in [-0.25, -0.2) is 0 Å². The minimum atomic E-state index is -0.378. The molecule has 0 N–H and O–H groups in total. The molecule has 0 saturated carbocycles. The normalized spacial score (nSPS) is 34.2. The van der Waals surface area contributed by atoms with E-state index in [1.54, 1.807) is 0 Å². The van der Waals surface area contributed by atoms with Crippen molar-refractivity contribution in [1.29, 1.82) is 0 Å². The molecule has 138 valence electrons. The molecule has 0 spiro atoms. The van der Waals surface area contributed by atoms with Gasteiger partial charge >= 0.3 is 0 Å². The molecule has 4 heteroatoms. The third kappa shape index (κ3) is 3.42. The molecule has 2 aliphatic heterocycles. The number of ether oxygens (including phenoxy) is 4. The lowest BCUT2D eigenvalue weighted by atomic mass is 9.95. The van der Waals surface area contributed by atoms with Crippen molar-refractivity contribution >= 4 is 0 Å². The fraction of sp³-hybridized carbons (Fsp3) is 0.455. The molecule has 4 rings (SSSR count). The number of benzene rings is 2. The van der Waals surface area contributed by atoms with E-state index in [4.69, 9.17) is 18.9 Å². The lowest BCUT2D eigenvalue weighted by Gasteiger charge is -2.49. The molecular formula is C22H26O4. The van der Waals surface area contributed by atoms with Crippen molar-refractivity contribution in [3.05, 3.63) is 71.8 Å². The highest BCUT2D eigenvalue weighted by molar-refractivity contribution is 5.18. The molecular weight excluding hydrogens is 328 g/mol. The lowest BCUT2D eigenvalue weighted by Crippen LogP contribution is -2.57. The van der Waals surface area contributed by atoms with Gasteiger partial charge in [0.15, 0.2) is 12.6 Å². The van der Waals surface area contributed by atoms with Crippen molar-refractivity contribution in [3.8, 4) is 0 Å². The van der Waals surface area contributed by atoms with Gasteiger partial charge in [-0.15, -0.1) is 0 Å². The van der Waals surface area contributed by atoms with E-state index < -0.39 is 0 Å². The van der Waals surface area contributed by atoms with Crippen molar-refractivity contribution < 1.29 is 18.9 Å². The highest BCUT2D eigenvalue weighted by Gasteiger charge is 2.48. The Labute approximate surface area is 155 Å². The fourth-order valence-corrected chi connectivity index (χ4v) is 3.77. The molecule has 0 bridgehead atoms. The first-order valence-electron chi connectivity index (χ1n) is 9.52. The van der Waals surface area contributed by atoms with Crippen LogP contribution in [0.15, 0.2) is 60.7 Å². The molecule has 2 aromatic carbocycles. The van der Waals surface area contributed by atoms with Gasteiger partial charge in [-0.05, 0) is 12.8 Å². The molecule has 6 unspecified atom stereocenters. The Bertz CT molecular complexity index is 628. The number of fused-ring (bicyclic) bond motifs is 1. The topological polar surface area (TPSA) is 36.9 Å². The molecule has 2 saturated heterocycles. The van der Waals surface area contributed by atoms with Crippen molar-refractivity contribution in [2.24, 2.45) is 0 Å². The summed E-state index contributed by atoms with van der Waals surface area (Å²) in [5, 5.41) is 0. The molecule has 0 radical (unpaired) electrons. The second-order valence-corrected chi connectivity index (χ2v) is 6.85. The van der Waals surface area contributed by atoms with Gasteiger partial charge in [-0.1, -0.05) is 74.5 Å². The van der Waals surface area contributed by atoms with Crippen molar-refractivity contribution in [2.45, 2.75) is 63.7 Å². The minimum absolute atomic E-state index is 0.0249. The predicted molar refractivity (Wildman–Crippen MR) is 98.4 cm³/mol. The Morgan fingerprint density at radius 3 is 1.31 bits per heavy atom. The van der Waals surface area contributed by atoms with Crippen molar-refractivity contribution in [3.63, 3.8) is 0 Å². The van der Waals surface area contributed by atoms with Crippen LogP contribution in [0.1, 0.15) is 50.4 Å². The molecule has 4 nitrogen and oxygen atoms in total. The van der Waals surface area contributed by atoms with E-state index in [1.165, 1.54) is 0 Å². The van der Waals surface area contributed by atoms with Crippen LogP contribution in [0.4, 0.5) is 0 Å². The number of rotatable bonds is 4. The summed E-state index contributed by atoms with van der Waals surface area (Å²) in [6, 6.07) is 20.2. The van der Waals surface area contributed by atoms with Gasteiger partial charge in [-0.2, -0.15) is 0 Å². The summed E-state index contributed by atoms with van der Waals surface area (Å²) in [5.41, 5.74) is 2.06. The zero-order valence-electron chi connectivity index (χ0n) is 15.3.